The van der Waals surface area contributed by atoms with E-state index in [-0.39, 0.29) is 0 Å². The van der Waals surface area contributed by atoms with Crippen LogP contribution in [0.3, 0.4) is 0 Å². The summed E-state index contributed by atoms with van der Waals surface area (Å²) in [6, 6.07) is 1.23. The number of rotatable bonds is 21. The summed E-state index contributed by atoms with van der Waals surface area (Å²) in [4.78, 5) is 0. The fraction of sp³-hybridized carbons (Fsp3) is 1.00. The molecule has 9 heteroatoms. The molecule has 0 atom stereocenters. The predicted octanol–water partition coefficient (Wildman–Crippen LogP) is 9.90. The molecule has 0 heterocycles. The van der Waals surface area contributed by atoms with Gasteiger partial charge >= 0.3 is 25.7 Å². The van der Waals surface area contributed by atoms with E-state index in [4.69, 9.17) is 16.5 Å². The van der Waals surface area contributed by atoms with Gasteiger partial charge in [-0.2, -0.15) is 0 Å². The van der Waals surface area contributed by atoms with E-state index in [2.05, 4.69) is 78.9 Å². The van der Waals surface area contributed by atoms with Crippen LogP contribution < -0.4 is 0 Å². The van der Waals surface area contributed by atoms with E-state index in [0.29, 0.717) is 0 Å². The predicted molar refractivity (Wildman–Crippen MR) is 163 cm³/mol. The summed E-state index contributed by atoms with van der Waals surface area (Å²) in [5.41, 5.74) is 0. The minimum absolute atomic E-state index is 1.23. The minimum Gasteiger partial charge on any atom is -0.437 e. The van der Waals surface area contributed by atoms with Crippen LogP contribution >= 0.6 is 0 Å². The van der Waals surface area contributed by atoms with Crippen molar-refractivity contribution < 1.29 is 16.5 Å². The van der Waals surface area contributed by atoms with E-state index in [1.165, 1.54) is 83.1 Å². The number of unbranched alkanes of at least 4 members (excludes halogenated alkanes) is 11. The van der Waals surface area contributed by atoms with Crippen molar-refractivity contribution in [1.82, 2.24) is 0 Å². The van der Waals surface area contributed by atoms with Gasteiger partial charge in [-0.25, -0.2) is 0 Å². The van der Waals surface area contributed by atoms with Crippen LogP contribution in [-0.2, 0) is 16.5 Å². The van der Waals surface area contributed by atoms with Gasteiger partial charge in [0.25, 0.3) is 0 Å². The second kappa shape index (κ2) is 16.0. The Labute approximate surface area is 220 Å². The lowest BCUT2D eigenvalue weighted by atomic mass is 10.1. The maximum Gasteiger partial charge on any atom is 0.314 e. The minimum atomic E-state index is -2.33. The van der Waals surface area contributed by atoms with Gasteiger partial charge in [-0.1, -0.05) is 84.0 Å². The smallest absolute Gasteiger partial charge is 0.314 e. The van der Waals surface area contributed by atoms with E-state index in [9.17, 15) is 0 Å². The van der Waals surface area contributed by atoms with Crippen LogP contribution in [0.25, 0.3) is 0 Å². The Bertz CT molecular complexity index is 534. The average Bonchev–Trinajstić information content (AvgIpc) is 2.57. The summed E-state index contributed by atoms with van der Waals surface area (Å²) in [6.45, 7) is 26.8. The highest BCUT2D eigenvalue weighted by Gasteiger charge is 2.44. The van der Waals surface area contributed by atoms with Crippen LogP contribution in [0.2, 0.25) is 78.1 Å². The zero-order chi connectivity index (χ0) is 26.5. The Hall–Kier alpha value is 0.924. The normalized spacial score (nSPS) is 14.1. The highest BCUT2D eigenvalue weighted by molar-refractivity contribution is 6.90. The summed E-state index contributed by atoms with van der Waals surface area (Å²) in [7, 11) is -10.2. The molecule has 0 radical (unpaired) electrons. The molecule has 4 nitrogen and oxygen atoms in total. The van der Waals surface area contributed by atoms with Crippen molar-refractivity contribution in [3.63, 3.8) is 0 Å². The molecule has 0 aromatic carbocycles. The van der Waals surface area contributed by atoms with E-state index in [0.717, 1.165) is 0 Å². The standard InChI is InChI=1S/C25H62O4Si5/c1-13-14-15-16-17-18-19-20-21-22-23-24-25-31(5,6)27-33(9,10)29-34(11,12)28-32(7,8)26-30(2,3)4/h13-25H2,1-12H3. The lowest BCUT2D eigenvalue weighted by molar-refractivity contribution is 0.299. The third-order valence-corrected chi connectivity index (χ3v) is 23.7. The SMILES string of the molecule is CCCCCCCCCCCCCC[Si](C)(C)O[Si](C)(C)O[Si](C)(C)O[Si](C)(C)O[Si](C)(C)C. The van der Waals surface area contributed by atoms with Crippen molar-refractivity contribution in [2.24, 2.45) is 0 Å². The Balaban J connectivity index is 4.25. The summed E-state index contributed by atoms with van der Waals surface area (Å²) in [6.07, 6.45) is 16.8. The molecule has 0 bridgehead atoms. The van der Waals surface area contributed by atoms with Crippen LogP contribution in [0, 0.1) is 0 Å². The third kappa shape index (κ3) is 21.1. The first-order chi connectivity index (χ1) is 15.4. The van der Waals surface area contributed by atoms with E-state index >= 15 is 0 Å². The van der Waals surface area contributed by atoms with Crippen molar-refractivity contribution in [2.45, 2.75) is 162 Å². The topological polar surface area (TPSA) is 36.9 Å². The van der Waals surface area contributed by atoms with E-state index in [1.54, 1.807) is 0 Å². The van der Waals surface area contributed by atoms with Gasteiger partial charge in [0.15, 0.2) is 16.6 Å². The van der Waals surface area contributed by atoms with Gasteiger partial charge in [-0.15, -0.1) is 0 Å². The lowest BCUT2D eigenvalue weighted by Crippen LogP contribution is -2.58. The molecule has 0 unspecified atom stereocenters. The molecule has 206 valence electrons. The van der Waals surface area contributed by atoms with Gasteiger partial charge in [0.05, 0.1) is 0 Å². The Morgan fingerprint density at radius 1 is 0.382 bits per heavy atom. The Morgan fingerprint density at radius 3 is 1.09 bits per heavy atom. The van der Waals surface area contributed by atoms with E-state index in [1.807, 2.05) is 0 Å². The summed E-state index contributed by atoms with van der Waals surface area (Å²) >= 11 is 0. The van der Waals surface area contributed by atoms with Crippen molar-refractivity contribution in [2.75, 3.05) is 0 Å². The highest BCUT2D eigenvalue weighted by Crippen LogP contribution is 2.28. The first-order valence-corrected chi connectivity index (χ1v) is 29.2. The van der Waals surface area contributed by atoms with Gasteiger partial charge in [0, 0.05) is 0 Å². The molecule has 0 aliphatic heterocycles. The van der Waals surface area contributed by atoms with Crippen LogP contribution in [0.4, 0.5) is 0 Å². The molecule has 34 heavy (non-hydrogen) atoms. The molecule has 0 rings (SSSR count). The zero-order valence-electron chi connectivity index (χ0n) is 25.3. The van der Waals surface area contributed by atoms with Crippen LogP contribution in [0.5, 0.6) is 0 Å². The molecule has 0 aliphatic rings. The quantitative estimate of drug-likeness (QED) is 0.102. The Morgan fingerprint density at radius 2 is 0.706 bits per heavy atom. The first-order valence-electron chi connectivity index (χ1n) is 14.2. The summed E-state index contributed by atoms with van der Waals surface area (Å²) in [5, 5.41) is 0. The fourth-order valence-electron chi connectivity index (χ4n) is 5.09. The molecular weight excluding hydrogens is 505 g/mol. The van der Waals surface area contributed by atoms with Crippen LogP contribution in [0.1, 0.15) is 84.0 Å². The first kappa shape index (κ1) is 34.9. The van der Waals surface area contributed by atoms with Gasteiger partial charge in [-0.05, 0) is 78.1 Å². The second-order valence-corrected chi connectivity index (χ2v) is 33.0. The highest BCUT2D eigenvalue weighted by atomic mass is 28.5. The summed E-state index contributed by atoms with van der Waals surface area (Å²) < 4.78 is 26.4. The number of hydrogen-bond acceptors (Lipinski definition) is 4. The third-order valence-electron chi connectivity index (χ3n) is 5.69. The fourth-order valence-corrected chi connectivity index (χ4v) is 28.9. The van der Waals surface area contributed by atoms with Crippen molar-refractivity contribution in [3.8, 4) is 0 Å². The average molecular weight is 567 g/mol. The molecule has 0 aromatic heterocycles. The maximum atomic E-state index is 6.77. The second-order valence-electron chi connectivity index (χ2n) is 13.1. The maximum absolute atomic E-state index is 6.77. The van der Waals surface area contributed by atoms with Gasteiger partial charge in [0.2, 0.25) is 0 Å². The molecule has 0 aliphatic carbocycles. The summed E-state index contributed by atoms with van der Waals surface area (Å²) in [5.74, 6) is 0. The molecule has 0 amide bonds. The molecule has 0 saturated heterocycles. The zero-order valence-corrected chi connectivity index (χ0v) is 30.3. The van der Waals surface area contributed by atoms with Crippen molar-refractivity contribution in [1.29, 1.82) is 0 Å². The van der Waals surface area contributed by atoms with Crippen LogP contribution in [0.15, 0.2) is 0 Å². The largest absolute Gasteiger partial charge is 0.437 e. The van der Waals surface area contributed by atoms with Gasteiger partial charge in [0.1, 0.15) is 0 Å². The molecule has 0 aromatic rings. The van der Waals surface area contributed by atoms with E-state index < -0.39 is 42.3 Å². The Kier molecular flexibility index (Phi) is 16.4. The van der Waals surface area contributed by atoms with Crippen LogP contribution in [-0.4, -0.2) is 42.3 Å². The molecular formula is C25H62O4Si5. The van der Waals surface area contributed by atoms with Gasteiger partial charge < -0.3 is 16.5 Å². The monoisotopic (exact) mass is 566 g/mol. The van der Waals surface area contributed by atoms with Crippen molar-refractivity contribution >= 4 is 42.3 Å². The molecule has 0 fully saturated rings. The van der Waals surface area contributed by atoms with Gasteiger partial charge in [-0.3, -0.25) is 0 Å². The van der Waals surface area contributed by atoms with Crippen molar-refractivity contribution in [3.05, 3.63) is 0 Å². The lowest BCUT2D eigenvalue weighted by Gasteiger charge is -2.42. The number of hydrogen-bond donors (Lipinski definition) is 0. The molecule has 0 spiro atoms. The molecule has 0 N–H and O–H groups in total. The molecule has 0 saturated carbocycles.